The number of hydrogen-bond acceptors (Lipinski definition) is 4. The van der Waals surface area contributed by atoms with Crippen LogP contribution in [0.2, 0.25) is 0 Å². The molecule has 0 radical (unpaired) electrons. The molecule has 1 rings (SSSR count). The number of ether oxygens (including phenoxy) is 1. The zero-order valence-electron chi connectivity index (χ0n) is 7.75. The predicted octanol–water partition coefficient (Wildman–Crippen LogP) is 0.0937. The minimum atomic E-state index is -0.562. The minimum absolute atomic E-state index is 0.0747. The smallest absolute Gasteiger partial charge is 0.179 e. The summed E-state index contributed by atoms with van der Waals surface area (Å²) >= 11 is 0. The van der Waals surface area contributed by atoms with Crippen LogP contribution in [0.4, 0.5) is 0 Å². The lowest BCUT2D eigenvalue weighted by Gasteiger charge is -2.12. The van der Waals surface area contributed by atoms with Crippen LogP contribution in [-0.4, -0.2) is 32.1 Å². The first kappa shape index (κ1) is 10.2. The largest absolute Gasteiger partial charge is 0.370 e. The molecule has 0 spiro atoms. The average Bonchev–Trinajstić information content (AvgIpc) is 2.65. The summed E-state index contributed by atoms with van der Waals surface area (Å²) in [6.45, 7) is 1.06. The van der Waals surface area contributed by atoms with Gasteiger partial charge in [0.15, 0.2) is 5.78 Å². The lowest BCUT2D eigenvalue weighted by molar-refractivity contribution is -0.130. The molecule has 0 saturated carbocycles. The fraction of sp³-hybridized carbons (Fsp3) is 0.778. The molecule has 0 aromatic heterocycles. The highest BCUT2D eigenvalue weighted by molar-refractivity contribution is 5.87. The van der Waals surface area contributed by atoms with Gasteiger partial charge in [-0.15, -0.1) is 0 Å². The molecule has 1 N–H and O–H groups in total. The third-order valence-electron chi connectivity index (χ3n) is 2.15. The third-order valence-corrected chi connectivity index (χ3v) is 2.15. The van der Waals surface area contributed by atoms with E-state index < -0.39 is 5.92 Å². The third kappa shape index (κ3) is 2.51. The molecule has 0 amide bonds. The molecule has 72 valence electrons. The van der Waals surface area contributed by atoms with E-state index in [1.807, 2.05) is 6.07 Å². The van der Waals surface area contributed by atoms with Gasteiger partial charge in [0.1, 0.15) is 12.0 Å². The van der Waals surface area contributed by atoms with Crippen molar-refractivity contribution in [1.82, 2.24) is 5.32 Å². The number of carbonyl (C=O) groups is 1. The van der Waals surface area contributed by atoms with Crippen molar-refractivity contribution < 1.29 is 9.53 Å². The summed E-state index contributed by atoms with van der Waals surface area (Å²) in [5, 5.41) is 11.5. The van der Waals surface area contributed by atoms with Gasteiger partial charge in [0, 0.05) is 13.2 Å². The Morgan fingerprint density at radius 2 is 2.62 bits per heavy atom. The quantitative estimate of drug-likeness (QED) is 0.669. The molecule has 2 unspecified atom stereocenters. The molecule has 1 aliphatic heterocycles. The molecule has 0 aromatic carbocycles. The van der Waals surface area contributed by atoms with Crippen molar-refractivity contribution in [3.8, 4) is 6.07 Å². The Morgan fingerprint density at radius 3 is 3.08 bits per heavy atom. The van der Waals surface area contributed by atoms with Gasteiger partial charge in [-0.3, -0.25) is 4.79 Å². The summed E-state index contributed by atoms with van der Waals surface area (Å²) in [4.78, 5) is 11.6. The van der Waals surface area contributed by atoms with Crippen LogP contribution in [0.25, 0.3) is 0 Å². The van der Waals surface area contributed by atoms with Crippen LogP contribution in [0.15, 0.2) is 0 Å². The maximum absolute atomic E-state index is 11.6. The van der Waals surface area contributed by atoms with Gasteiger partial charge < -0.3 is 10.1 Å². The number of ketones is 1. The number of Topliss-reactive ketones (excluding diaryl/α,β-unsaturated/α-hetero) is 1. The molecule has 1 heterocycles. The monoisotopic (exact) mass is 182 g/mol. The topological polar surface area (TPSA) is 62.1 Å². The van der Waals surface area contributed by atoms with E-state index in [0.29, 0.717) is 13.2 Å². The second-order valence-electron chi connectivity index (χ2n) is 3.14. The van der Waals surface area contributed by atoms with Crippen molar-refractivity contribution >= 4 is 5.78 Å². The number of hydrogen-bond donors (Lipinski definition) is 1. The van der Waals surface area contributed by atoms with Crippen LogP contribution in [-0.2, 0) is 9.53 Å². The Bertz CT molecular complexity index is 216. The summed E-state index contributed by atoms with van der Waals surface area (Å²) < 4.78 is 5.22. The van der Waals surface area contributed by atoms with Crippen molar-refractivity contribution in [3.63, 3.8) is 0 Å². The Hall–Kier alpha value is -0.920. The van der Waals surface area contributed by atoms with Crippen LogP contribution >= 0.6 is 0 Å². The molecular weight excluding hydrogens is 168 g/mol. The molecule has 1 fully saturated rings. The van der Waals surface area contributed by atoms with E-state index in [4.69, 9.17) is 10.00 Å². The van der Waals surface area contributed by atoms with Gasteiger partial charge in [-0.2, -0.15) is 5.26 Å². The number of nitrogens with one attached hydrogen (secondary N) is 1. The maximum Gasteiger partial charge on any atom is 0.179 e. The minimum Gasteiger partial charge on any atom is -0.370 e. The summed E-state index contributed by atoms with van der Waals surface area (Å²) in [5.74, 6) is -0.637. The van der Waals surface area contributed by atoms with Crippen LogP contribution in [0.3, 0.4) is 0 Å². The van der Waals surface area contributed by atoms with Crippen molar-refractivity contribution in [1.29, 1.82) is 5.26 Å². The summed E-state index contributed by atoms with van der Waals surface area (Å²) in [6, 6.07) is 1.99. The summed E-state index contributed by atoms with van der Waals surface area (Å²) in [6.07, 6.45) is 1.35. The van der Waals surface area contributed by atoms with Crippen LogP contribution in [0.1, 0.15) is 12.8 Å². The van der Waals surface area contributed by atoms with Crippen molar-refractivity contribution in [3.05, 3.63) is 0 Å². The number of carbonyl (C=O) groups excluding carboxylic acids is 1. The number of nitrogens with zero attached hydrogens (tertiary/aromatic N) is 1. The Labute approximate surface area is 77.9 Å². The highest BCUT2D eigenvalue weighted by atomic mass is 16.5. The molecule has 2 atom stereocenters. The standard InChI is InChI=1S/C9H14N2O2/c1-11-6-7(5-10)9(12)8-3-2-4-13-8/h7-8,11H,2-4,6H2,1H3. The molecule has 0 bridgehead atoms. The summed E-state index contributed by atoms with van der Waals surface area (Å²) in [5.41, 5.74) is 0. The Balaban J connectivity index is 2.48. The fourth-order valence-electron chi connectivity index (χ4n) is 1.44. The first-order chi connectivity index (χ1) is 6.29. The van der Waals surface area contributed by atoms with E-state index in [-0.39, 0.29) is 11.9 Å². The van der Waals surface area contributed by atoms with Crippen molar-refractivity contribution in [2.24, 2.45) is 5.92 Å². The van der Waals surface area contributed by atoms with Gasteiger partial charge in [0.2, 0.25) is 0 Å². The van der Waals surface area contributed by atoms with Crippen LogP contribution < -0.4 is 5.32 Å². The highest BCUT2D eigenvalue weighted by Crippen LogP contribution is 2.16. The van der Waals surface area contributed by atoms with Gasteiger partial charge in [-0.1, -0.05) is 0 Å². The molecule has 4 nitrogen and oxygen atoms in total. The molecule has 13 heavy (non-hydrogen) atoms. The van der Waals surface area contributed by atoms with Gasteiger partial charge >= 0.3 is 0 Å². The highest BCUT2D eigenvalue weighted by Gasteiger charge is 2.29. The number of nitriles is 1. The molecule has 1 aliphatic rings. The van der Waals surface area contributed by atoms with Gasteiger partial charge in [0.25, 0.3) is 0 Å². The zero-order valence-corrected chi connectivity index (χ0v) is 7.75. The lowest BCUT2D eigenvalue weighted by atomic mass is 9.99. The van der Waals surface area contributed by atoms with E-state index in [0.717, 1.165) is 12.8 Å². The van der Waals surface area contributed by atoms with Crippen LogP contribution in [0, 0.1) is 17.2 Å². The molecule has 0 aromatic rings. The van der Waals surface area contributed by atoms with Gasteiger partial charge in [-0.25, -0.2) is 0 Å². The van der Waals surface area contributed by atoms with Crippen molar-refractivity contribution in [2.75, 3.05) is 20.2 Å². The average molecular weight is 182 g/mol. The van der Waals surface area contributed by atoms with Gasteiger partial charge in [-0.05, 0) is 19.9 Å². The predicted molar refractivity (Wildman–Crippen MR) is 47.0 cm³/mol. The fourth-order valence-corrected chi connectivity index (χ4v) is 1.44. The van der Waals surface area contributed by atoms with Gasteiger partial charge in [0.05, 0.1) is 6.07 Å². The first-order valence-corrected chi connectivity index (χ1v) is 4.49. The Morgan fingerprint density at radius 1 is 1.85 bits per heavy atom. The second-order valence-corrected chi connectivity index (χ2v) is 3.14. The van der Waals surface area contributed by atoms with Crippen molar-refractivity contribution in [2.45, 2.75) is 18.9 Å². The molecule has 1 saturated heterocycles. The van der Waals surface area contributed by atoms with E-state index >= 15 is 0 Å². The SMILES string of the molecule is CNCC(C#N)C(=O)C1CCCO1. The normalized spacial score (nSPS) is 23.8. The summed E-state index contributed by atoms with van der Waals surface area (Å²) in [7, 11) is 1.73. The number of rotatable bonds is 4. The maximum atomic E-state index is 11.6. The van der Waals surface area contributed by atoms with E-state index in [1.165, 1.54) is 0 Å². The zero-order chi connectivity index (χ0) is 9.68. The Kier molecular flexibility index (Phi) is 3.87. The molecule has 0 aliphatic carbocycles. The second kappa shape index (κ2) is 4.95. The van der Waals surface area contributed by atoms with E-state index in [1.54, 1.807) is 7.05 Å². The lowest BCUT2D eigenvalue weighted by Crippen LogP contribution is -2.32. The van der Waals surface area contributed by atoms with E-state index in [2.05, 4.69) is 5.32 Å². The van der Waals surface area contributed by atoms with Crippen LogP contribution in [0.5, 0.6) is 0 Å². The molecular formula is C9H14N2O2. The first-order valence-electron chi connectivity index (χ1n) is 4.49. The van der Waals surface area contributed by atoms with E-state index in [9.17, 15) is 4.79 Å². The molecule has 4 heteroatoms.